The molecule has 0 aromatic carbocycles. The molecule has 2 aromatic rings. The van der Waals surface area contributed by atoms with Crippen LogP contribution in [0.5, 0.6) is 0 Å². The van der Waals surface area contributed by atoms with Crippen LogP contribution < -0.4 is 0 Å². The fourth-order valence-electron chi connectivity index (χ4n) is 1.04. The van der Waals surface area contributed by atoms with E-state index in [1.165, 1.54) is 6.33 Å². The standard InChI is InChI=1S/C9H8N4S/c1-14-9-2-8(12-6-13-9)7-3-10-5-11-4-7/h2-6H,1H3. The minimum absolute atomic E-state index is 0.852. The van der Waals surface area contributed by atoms with Gasteiger partial charge in [-0.1, -0.05) is 0 Å². The smallest absolute Gasteiger partial charge is 0.117 e. The molecule has 4 nitrogen and oxygen atoms in total. The van der Waals surface area contributed by atoms with Crippen LogP contribution in [-0.4, -0.2) is 26.2 Å². The van der Waals surface area contributed by atoms with Gasteiger partial charge < -0.3 is 0 Å². The first-order valence-electron chi connectivity index (χ1n) is 4.01. The number of thioether (sulfide) groups is 1. The van der Waals surface area contributed by atoms with E-state index in [4.69, 9.17) is 0 Å². The molecule has 2 aromatic heterocycles. The van der Waals surface area contributed by atoms with Gasteiger partial charge in [-0.25, -0.2) is 19.9 Å². The highest BCUT2D eigenvalue weighted by molar-refractivity contribution is 7.98. The third-order valence-corrected chi connectivity index (χ3v) is 2.35. The van der Waals surface area contributed by atoms with Gasteiger partial charge in [0.15, 0.2) is 0 Å². The van der Waals surface area contributed by atoms with E-state index in [2.05, 4.69) is 19.9 Å². The monoisotopic (exact) mass is 204 g/mol. The predicted molar refractivity (Wildman–Crippen MR) is 54.8 cm³/mol. The zero-order valence-electron chi connectivity index (χ0n) is 7.58. The molecule has 0 aliphatic carbocycles. The van der Waals surface area contributed by atoms with Crippen LogP contribution in [0, 0.1) is 0 Å². The SMILES string of the molecule is CSc1cc(-c2cncnc2)ncn1. The second-order valence-electron chi connectivity index (χ2n) is 2.57. The first-order chi connectivity index (χ1) is 6.90. The zero-order chi connectivity index (χ0) is 9.80. The molecule has 0 amide bonds. The van der Waals surface area contributed by atoms with Crippen molar-refractivity contribution in [2.75, 3.05) is 6.26 Å². The number of nitrogens with zero attached hydrogens (tertiary/aromatic N) is 4. The van der Waals surface area contributed by atoms with E-state index in [0.29, 0.717) is 0 Å². The molecule has 0 aliphatic rings. The van der Waals surface area contributed by atoms with Gasteiger partial charge in [-0.2, -0.15) is 0 Å². The summed E-state index contributed by atoms with van der Waals surface area (Å²) in [5, 5.41) is 0.943. The predicted octanol–water partition coefficient (Wildman–Crippen LogP) is 1.66. The Bertz CT molecular complexity index is 418. The van der Waals surface area contributed by atoms with Gasteiger partial charge in [0.2, 0.25) is 0 Å². The Morgan fingerprint density at radius 1 is 1.07 bits per heavy atom. The Morgan fingerprint density at radius 2 is 1.86 bits per heavy atom. The van der Waals surface area contributed by atoms with Gasteiger partial charge in [-0.15, -0.1) is 11.8 Å². The molecular weight excluding hydrogens is 196 g/mol. The summed E-state index contributed by atoms with van der Waals surface area (Å²) in [6.07, 6.45) is 8.50. The average molecular weight is 204 g/mol. The molecule has 70 valence electrons. The van der Waals surface area contributed by atoms with Crippen molar-refractivity contribution in [2.45, 2.75) is 5.03 Å². The van der Waals surface area contributed by atoms with Crippen LogP contribution in [0.2, 0.25) is 0 Å². The topological polar surface area (TPSA) is 51.6 Å². The Labute approximate surface area is 85.9 Å². The fourth-order valence-corrected chi connectivity index (χ4v) is 1.42. The summed E-state index contributed by atoms with van der Waals surface area (Å²) >= 11 is 1.59. The molecule has 0 fully saturated rings. The summed E-state index contributed by atoms with van der Waals surface area (Å²) in [6, 6.07) is 1.92. The van der Waals surface area contributed by atoms with E-state index < -0.39 is 0 Å². The van der Waals surface area contributed by atoms with Gasteiger partial charge in [0.1, 0.15) is 12.7 Å². The van der Waals surface area contributed by atoms with E-state index in [0.717, 1.165) is 16.3 Å². The van der Waals surface area contributed by atoms with E-state index in [-0.39, 0.29) is 0 Å². The first kappa shape index (κ1) is 9.08. The van der Waals surface area contributed by atoms with Crippen molar-refractivity contribution in [3.63, 3.8) is 0 Å². The molecule has 0 unspecified atom stereocenters. The van der Waals surface area contributed by atoms with Gasteiger partial charge in [-0.3, -0.25) is 0 Å². The minimum atomic E-state index is 0.852. The third-order valence-electron chi connectivity index (χ3n) is 1.71. The minimum Gasteiger partial charge on any atom is -0.244 e. The van der Waals surface area contributed by atoms with Crippen LogP contribution in [0.3, 0.4) is 0 Å². The van der Waals surface area contributed by atoms with Crippen LogP contribution in [0.1, 0.15) is 0 Å². The highest BCUT2D eigenvalue weighted by atomic mass is 32.2. The lowest BCUT2D eigenvalue weighted by Crippen LogP contribution is -1.88. The number of aromatic nitrogens is 4. The highest BCUT2D eigenvalue weighted by Crippen LogP contribution is 2.18. The largest absolute Gasteiger partial charge is 0.244 e. The van der Waals surface area contributed by atoms with Crippen molar-refractivity contribution in [1.29, 1.82) is 0 Å². The molecule has 0 N–H and O–H groups in total. The van der Waals surface area contributed by atoms with Gasteiger partial charge in [0.05, 0.1) is 10.7 Å². The molecule has 2 heterocycles. The maximum atomic E-state index is 4.15. The molecule has 0 spiro atoms. The fraction of sp³-hybridized carbons (Fsp3) is 0.111. The van der Waals surface area contributed by atoms with Gasteiger partial charge in [-0.05, 0) is 12.3 Å². The van der Waals surface area contributed by atoms with Crippen molar-refractivity contribution in [2.24, 2.45) is 0 Å². The summed E-state index contributed by atoms with van der Waals surface area (Å²) in [5.74, 6) is 0. The molecule has 5 heteroatoms. The molecule has 14 heavy (non-hydrogen) atoms. The second kappa shape index (κ2) is 4.15. The summed E-state index contributed by atoms with van der Waals surface area (Å²) in [5.41, 5.74) is 1.76. The van der Waals surface area contributed by atoms with E-state index >= 15 is 0 Å². The lowest BCUT2D eigenvalue weighted by molar-refractivity contribution is 1.05. The highest BCUT2D eigenvalue weighted by Gasteiger charge is 2.00. The molecule has 0 atom stereocenters. The second-order valence-corrected chi connectivity index (χ2v) is 3.40. The quantitative estimate of drug-likeness (QED) is 0.550. The number of rotatable bonds is 2. The van der Waals surface area contributed by atoms with Crippen LogP contribution in [0.15, 0.2) is 36.1 Å². The third kappa shape index (κ3) is 1.88. The maximum absolute atomic E-state index is 4.15. The molecule has 2 rings (SSSR count). The Balaban J connectivity index is 2.42. The number of hydrogen-bond donors (Lipinski definition) is 0. The Hall–Kier alpha value is -1.49. The summed E-state index contributed by atoms with van der Waals surface area (Å²) in [4.78, 5) is 16.1. The van der Waals surface area contributed by atoms with Gasteiger partial charge >= 0.3 is 0 Å². The average Bonchev–Trinajstić information content (AvgIpc) is 2.30. The lowest BCUT2D eigenvalue weighted by Gasteiger charge is -1.99. The molecule has 0 saturated carbocycles. The molecule has 0 aliphatic heterocycles. The van der Waals surface area contributed by atoms with Crippen LogP contribution in [-0.2, 0) is 0 Å². The van der Waals surface area contributed by atoms with Gasteiger partial charge in [0.25, 0.3) is 0 Å². The normalized spacial score (nSPS) is 10.1. The van der Waals surface area contributed by atoms with Crippen molar-refractivity contribution in [3.05, 3.63) is 31.1 Å². The van der Waals surface area contributed by atoms with Gasteiger partial charge in [0, 0.05) is 18.0 Å². The van der Waals surface area contributed by atoms with E-state index in [9.17, 15) is 0 Å². The van der Waals surface area contributed by atoms with Crippen LogP contribution in [0.25, 0.3) is 11.3 Å². The van der Waals surface area contributed by atoms with E-state index in [1.54, 1.807) is 30.5 Å². The summed E-state index contributed by atoms with van der Waals surface area (Å²) in [6.45, 7) is 0. The summed E-state index contributed by atoms with van der Waals surface area (Å²) in [7, 11) is 0. The van der Waals surface area contributed by atoms with Crippen molar-refractivity contribution in [3.8, 4) is 11.3 Å². The molecule has 0 bridgehead atoms. The van der Waals surface area contributed by atoms with Crippen molar-refractivity contribution in [1.82, 2.24) is 19.9 Å². The molecule has 0 radical (unpaired) electrons. The van der Waals surface area contributed by atoms with Crippen molar-refractivity contribution < 1.29 is 0 Å². The zero-order valence-corrected chi connectivity index (χ0v) is 8.40. The number of hydrogen-bond acceptors (Lipinski definition) is 5. The maximum Gasteiger partial charge on any atom is 0.117 e. The van der Waals surface area contributed by atoms with Crippen LogP contribution >= 0.6 is 11.8 Å². The lowest BCUT2D eigenvalue weighted by atomic mass is 10.2. The Kier molecular flexibility index (Phi) is 2.69. The van der Waals surface area contributed by atoms with Crippen LogP contribution in [0.4, 0.5) is 0 Å². The summed E-state index contributed by atoms with van der Waals surface area (Å²) < 4.78 is 0. The van der Waals surface area contributed by atoms with E-state index in [1.807, 2.05) is 12.3 Å². The molecular formula is C9H8N4S. The Morgan fingerprint density at radius 3 is 2.57 bits per heavy atom. The first-order valence-corrected chi connectivity index (χ1v) is 5.24. The van der Waals surface area contributed by atoms with Crippen molar-refractivity contribution >= 4 is 11.8 Å². The molecule has 0 saturated heterocycles.